The van der Waals surface area contributed by atoms with Crippen molar-refractivity contribution in [1.82, 2.24) is 0 Å². The van der Waals surface area contributed by atoms with Crippen LogP contribution in [0.2, 0.25) is 0 Å². The molecule has 0 aromatic carbocycles. The molecule has 2 rings (SSSR count). The molecule has 0 radical (unpaired) electrons. The number of rotatable bonds is 3. The van der Waals surface area contributed by atoms with E-state index in [0.29, 0.717) is 12.0 Å². The maximum absolute atomic E-state index is 9.24. The molecule has 0 unspecified atom stereocenters. The zero-order valence-electron chi connectivity index (χ0n) is 9.87. The monoisotopic (exact) mass is 223 g/mol. The molecule has 2 aliphatic rings. The molecule has 0 aromatic rings. The van der Waals surface area contributed by atoms with E-state index in [1.165, 1.54) is 25.7 Å². The van der Waals surface area contributed by atoms with Crippen LogP contribution < -0.4 is 0 Å². The molecule has 2 aliphatic carbocycles. The summed E-state index contributed by atoms with van der Waals surface area (Å²) in [6.45, 7) is 0.301. The van der Waals surface area contributed by atoms with Gasteiger partial charge in [0.05, 0.1) is 19.3 Å². The number of ether oxygens (including phenoxy) is 1. The minimum absolute atomic E-state index is 0.00850. The molecule has 0 saturated heterocycles. The minimum Gasteiger partial charge on any atom is -0.394 e. The Morgan fingerprint density at radius 3 is 2.19 bits per heavy atom. The van der Waals surface area contributed by atoms with Crippen LogP contribution in [0, 0.1) is 16.7 Å². The molecule has 90 valence electrons. The van der Waals surface area contributed by atoms with E-state index in [-0.39, 0.29) is 6.61 Å². The SMILES string of the molecule is N#CC1(OCCO)CCC2(CCCC2)CC1. The maximum atomic E-state index is 9.24. The maximum Gasteiger partial charge on any atom is 0.154 e. The third kappa shape index (κ3) is 2.23. The van der Waals surface area contributed by atoms with E-state index in [0.717, 1.165) is 25.7 Å². The highest BCUT2D eigenvalue weighted by Gasteiger charge is 2.44. The van der Waals surface area contributed by atoms with E-state index >= 15 is 0 Å². The first kappa shape index (κ1) is 11.9. The fraction of sp³-hybridized carbons (Fsp3) is 0.923. The lowest BCUT2D eigenvalue weighted by Gasteiger charge is -2.41. The van der Waals surface area contributed by atoms with Crippen LogP contribution >= 0.6 is 0 Å². The van der Waals surface area contributed by atoms with E-state index < -0.39 is 5.60 Å². The first-order valence-electron chi connectivity index (χ1n) is 6.40. The van der Waals surface area contributed by atoms with Crippen LogP contribution in [0.15, 0.2) is 0 Å². The fourth-order valence-corrected chi connectivity index (χ4v) is 3.34. The first-order valence-corrected chi connectivity index (χ1v) is 6.40. The van der Waals surface area contributed by atoms with Gasteiger partial charge in [-0.2, -0.15) is 5.26 Å². The van der Waals surface area contributed by atoms with Gasteiger partial charge in [-0.15, -0.1) is 0 Å². The number of aliphatic hydroxyl groups is 1. The third-order valence-corrected chi connectivity index (χ3v) is 4.46. The number of aliphatic hydroxyl groups excluding tert-OH is 1. The summed E-state index contributed by atoms with van der Waals surface area (Å²) in [5, 5.41) is 18.0. The van der Waals surface area contributed by atoms with Crippen LogP contribution in [0.1, 0.15) is 51.4 Å². The molecule has 2 fully saturated rings. The van der Waals surface area contributed by atoms with Crippen LogP contribution in [0.25, 0.3) is 0 Å². The van der Waals surface area contributed by atoms with Crippen molar-refractivity contribution in [3.8, 4) is 6.07 Å². The minimum atomic E-state index is -0.601. The molecule has 0 bridgehead atoms. The normalized spacial score (nSPS) is 26.8. The van der Waals surface area contributed by atoms with Gasteiger partial charge in [-0.05, 0) is 43.9 Å². The Kier molecular flexibility index (Phi) is 3.51. The Labute approximate surface area is 97.4 Å². The lowest BCUT2D eigenvalue weighted by molar-refractivity contribution is -0.0630. The molecule has 1 N–H and O–H groups in total. The summed E-state index contributed by atoms with van der Waals surface area (Å²) in [6.07, 6.45) is 9.36. The topological polar surface area (TPSA) is 53.2 Å². The summed E-state index contributed by atoms with van der Waals surface area (Å²) in [4.78, 5) is 0. The molecule has 0 atom stereocenters. The van der Waals surface area contributed by atoms with Gasteiger partial charge in [0, 0.05) is 0 Å². The zero-order valence-corrected chi connectivity index (χ0v) is 9.87. The smallest absolute Gasteiger partial charge is 0.154 e. The van der Waals surface area contributed by atoms with Gasteiger partial charge in [0.2, 0.25) is 0 Å². The Balaban J connectivity index is 1.93. The average molecular weight is 223 g/mol. The molecule has 1 spiro atoms. The highest BCUT2D eigenvalue weighted by molar-refractivity contribution is 5.07. The second-order valence-corrected chi connectivity index (χ2v) is 5.39. The zero-order chi connectivity index (χ0) is 11.5. The van der Waals surface area contributed by atoms with Gasteiger partial charge in [0.15, 0.2) is 5.60 Å². The molecule has 0 amide bonds. The van der Waals surface area contributed by atoms with Gasteiger partial charge >= 0.3 is 0 Å². The largest absolute Gasteiger partial charge is 0.394 e. The highest BCUT2D eigenvalue weighted by atomic mass is 16.5. The van der Waals surface area contributed by atoms with Crippen LogP contribution in [0.3, 0.4) is 0 Å². The quantitative estimate of drug-likeness (QED) is 0.799. The Morgan fingerprint density at radius 2 is 1.69 bits per heavy atom. The molecule has 3 nitrogen and oxygen atoms in total. The van der Waals surface area contributed by atoms with E-state index in [2.05, 4.69) is 6.07 Å². The number of hydrogen-bond donors (Lipinski definition) is 1. The van der Waals surface area contributed by atoms with Gasteiger partial charge in [-0.3, -0.25) is 0 Å². The van der Waals surface area contributed by atoms with Crippen molar-refractivity contribution in [2.24, 2.45) is 5.41 Å². The summed E-state index contributed by atoms with van der Waals surface area (Å²) in [7, 11) is 0. The molecule has 2 saturated carbocycles. The number of nitriles is 1. The van der Waals surface area contributed by atoms with Crippen LogP contribution in [-0.4, -0.2) is 23.9 Å². The van der Waals surface area contributed by atoms with Crippen molar-refractivity contribution in [2.75, 3.05) is 13.2 Å². The highest BCUT2D eigenvalue weighted by Crippen LogP contribution is 2.51. The molecule has 0 aliphatic heterocycles. The summed E-state index contributed by atoms with van der Waals surface area (Å²) >= 11 is 0. The fourth-order valence-electron chi connectivity index (χ4n) is 3.34. The molecule has 3 heteroatoms. The van der Waals surface area contributed by atoms with Crippen LogP contribution in [0.4, 0.5) is 0 Å². The predicted molar refractivity (Wildman–Crippen MR) is 60.8 cm³/mol. The van der Waals surface area contributed by atoms with E-state index in [1.54, 1.807) is 0 Å². The Morgan fingerprint density at radius 1 is 1.06 bits per heavy atom. The molecule has 0 heterocycles. The predicted octanol–water partition coefficient (Wildman–Crippen LogP) is 2.39. The molecular formula is C13H21NO2. The van der Waals surface area contributed by atoms with Gasteiger partial charge in [0.1, 0.15) is 0 Å². The van der Waals surface area contributed by atoms with Gasteiger partial charge in [-0.1, -0.05) is 12.8 Å². The van der Waals surface area contributed by atoms with Gasteiger partial charge in [0.25, 0.3) is 0 Å². The molecule has 16 heavy (non-hydrogen) atoms. The van der Waals surface area contributed by atoms with Crippen molar-refractivity contribution < 1.29 is 9.84 Å². The van der Waals surface area contributed by atoms with Gasteiger partial charge < -0.3 is 9.84 Å². The average Bonchev–Trinajstić information content (AvgIpc) is 2.78. The summed E-state index contributed by atoms with van der Waals surface area (Å²) in [6, 6.07) is 2.33. The van der Waals surface area contributed by atoms with E-state index in [1.807, 2.05) is 0 Å². The third-order valence-electron chi connectivity index (χ3n) is 4.46. The Bertz CT molecular complexity index is 266. The van der Waals surface area contributed by atoms with Crippen molar-refractivity contribution in [3.63, 3.8) is 0 Å². The van der Waals surface area contributed by atoms with Gasteiger partial charge in [-0.25, -0.2) is 0 Å². The van der Waals surface area contributed by atoms with Crippen LogP contribution in [0.5, 0.6) is 0 Å². The second kappa shape index (κ2) is 4.73. The standard InChI is InChI=1S/C13H21NO2/c14-11-13(16-10-9-15)7-5-12(6-8-13)3-1-2-4-12/h15H,1-10H2. The van der Waals surface area contributed by atoms with Crippen molar-refractivity contribution >= 4 is 0 Å². The number of hydrogen-bond acceptors (Lipinski definition) is 3. The molecular weight excluding hydrogens is 202 g/mol. The van der Waals surface area contributed by atoms with Crippen LogP contribution in [-0.2, 0) is 4.74 Å². The van der Waals surface area contributed by atoms with E-state index in [4.69, 9.17) is 9.84 Å². The molecule has 0 aromatic heterocycles. The van der Waals surface area contributed by atoms with Crippen molar-refractivity contribution in [2.45, 2.75) is 57.0 Å². The van der Waals surface area contributed by atoms with Crippen molar-refractivity contribution in [3.05, 3.63) is 0 Å². The Hall–Kier alpha value is -0.590. The summed E-state index contributed by atoms with van der Waals surface area (Å²) < 4.78 is 5.56. The lowest BCUT2D eigenvalue weighted by Crippen LogP contribution is -2.40. The van der Waals surface area contributed by atoms with E-state index in [9.17, 15) is 5.26 Å². The summed E-state index contributed by atoms with van der Waals surface area (Å²) in [5.41, 5.74) is -0.0699. The lowest BCUT2D eigenvalue weighted by atomic mass is 9.68. The number of nitrogens with zero attached hydrogens (tertiary/aromatic N) is 1. The first-order chi connectivity index (χ1) is 7.74. The summed E-state index contributed by atoms with van der Waals surface area (Å²) in [5.74, 6) is 0. The van der Waals surface area contributed by atoms with Crippen molar-refractivity contribution in [1.29, 1.82) is 5.26 Å². The second-order valence-electron chi connectivity index (χ2n) is 5.39.